The first-order valence-electron chi connectivity index (χ1n) is 6.33. The van der Waals surface area contributed by atoms with E-state index in [1.807, 2.05) is 25.2 Å². The molecule has 0 heterocycles. The number of benzene rings is 1. The molecule has 0 saturated heterocycles. The van der Waals surface area contributed by atoms with Crippen molar-refractivity contribution in [1.29, 1.82) is 0 Å². The summed E-state index contributed by atoms with van der Waals surface area (Å²) in [6.07, 6.45) is 2.60. The molecule has 1 saturated carbocycles. The predicted molar refractivity (Wildman–Crippen MR) is 73.6 cm³/mol. The minimum Gasteiger partial charge on any atom is -0.493 e. The molecule has 1 aromatic rings. The van der Waals surface area contributed by atoms with Gasteiger partial charge in [0.05, 0.1) is 14.2 Å². The molecule has 0 unspecified atom stereocenters. The number of hydrogen-bond donors (Lipinski definition) is 2. The smallest absolute Gasteiger partial charge is 0.162 e. The van der Waals surface area contributed by atoms with Crippen LogP contribution in [0.5, 0.6) is 11.5 Å². The number of hydrogen-bond acceptors (Lipinski definition) is 4. The van der Waals surface area contributed by atoms with Crippen molar-refractivity contribution in [3.05, 3.63) is 18.2 Å². The van der Waals surface area contributed by atoms with E-state index in [0.29, 0.717) is 5.41 Å². The monoisotopic (exact) mass is 250 g/mol. The fourth-order valence-electron chi connectivity index (χ4n) is 2.20. The summed E-state index contributed by atoms with van der Waals surface area (Å²) in [5.74, 6) is 1.53. The molecule has 0 radical (unpaired) electrons. The van der Waals surface area contributed by atoms with Crippen LogP contribution in [-0.2, 0) is 0 Å². The zero-order valence-electron chi connectivity index (χ0n) is 11.4. The summed E-state index contributed by atoms with van der Waals surface area (Å²) in [5.41, 5.74) is 1.53. The van der Waals surface area contributed by atoms with Gasteiger partial charge in [-0.15, -0.1) is 0 Å². The molecule has 0 aromatic heterocycles. The van der Waals surface area contributed by atoms with Crippen molar-refractivity contribution in [2.24, 2.45) is 5.41 Å². The number of anilines is 1. The van der Waals surface area contributed by atoms with Crippen LogP contribution in [0, 0.1) is 5.41 Å². The standard InChI is InChI=1S/C14H22N2O2/c1-15-9-14(6-7-14)10-16-11-4-5-12(17-2)13(8-11)18-3/h4-5,8,15-16H,6-7,9-10H2,1-3H3. The molecule has 1 aliphatic carbocycles. The van der Waals surface area contributed by atoms with Crippen LogP contribution in [-0.4, -0.2) is 34.4 Å². The summed E-state index contributed by atoms with van der Waals surface area (Å²) in [6.45, 7) is 2.08. The molecule has 2 rings (SSSR count). The van der Waals surface area contributed by atoms with E-state index in [2.05, 4.69) is 10.6 Å². The second kappa shape index (κ2) is 5.48. The maximum Gasteiger partial charge on any atom is 0.162 e. The maximum absolute atomic E-state index is 5.29. The van der Waals surface area contributed by atoms with E-state index in [4.69, 9.17) is 9.47 Å². The first kappa shape index (κ1) is 13.0. The minimum absolute atomic E-state index is 0.446. The van der Waals surface area contributed by atoms with Gasteiger partial charge in [0.1, 0.15) is 0 Å². The average Bonchev–Trinajstić information content (AvgIpc) is 3.16. The third kappa shape index (κ3) is 2.88. The van der Waals surface area contributed by atoms with Crippen LogP contribution >= 0.6 is 0 Å². The third-order valence-electron chi connectivity index (χ3n) is 3.56. The molecule has 1 fully saturated rings. The molecule has 4 heteroatoms. The molecule has 0 amide bonds. The highest BCUT2D eigenvalue weighted by atomic mass is 16.5. The van der Waals surface area contributed by atoms with Gasteiger partial charge in [-0.3, -0.25) is 0 Å². The first-order chi connectivity index (χ1) is 8.73. The second-order valence-electron chi connectivity index (χ2n) is 4.95. The fourth-order valence-corrected chi connectivity index (χ4v) is 2.20. The van der Waals surface area contributed by atoms with Gasteiger partial charge in [0.2, 0.25) is 0 Å². The Balaban J connectivity index is 1.97. The van der Waals surface area contributed by atoms with Gasteiger partial charge < -0.3 is 20.1 Å². The number of ether oxygens (including phenoxy) is 2. The largest absolute Gasteiger partial charge is 0.493 e. The first-order valence-corrected chi connectivity index (χ1v) is 6.33. The zero-order chi connectivity index (χ0) is 13.0. The molecular formula is C14H22N2O2. The summed E-state index contributed by atoms with van der Waals surface area (Å²) in [5, 5.41) is 6.75. The molecule has 1 aromatic carbocycles. The van der Waals surface area contributed by atoms with E-state index in [0.717, 1.165) is 30.3 Å². The van der Waals surface area contributed by atoms with Crippen LogP contribution < -0.4 is 20.1 Å². The molecule has 0 aliphatic heterocycles. The third-order valence-corrected chi connectivity index (χ3v) is 3.56. The SMILES string of the molecule is CNCC1(CNc2ccc(OC)c(OC)c2)CC1. The van der Waals surface area contributed by atoms with Crippen LogP contribution in [0.4, 0.5) is 5.69 Å². The molecule has 100 valence electrons. The topological polar surface area (TPSA) is 42.5 Å². The molecule has 18 heavy (non-hydrogen) atoms. The van der Waals surface area contributed by atoms with Crippen molar-refractivity contribution in [2.75, 3.05) is 39.7 Å². The fraction of sp³-hybridized carbons (Fsp3) is 0.571. The Kier molecular flexibility index (Phi) is 3.97. The van der Waals surface area contributed by atoms with Crippen LogP contribution in [0.1, 0.15) is 12.8 Å². The molecule has 0 spiro atoms. The molecule has 4 nitrogen and oxygen atoms in total. The summed E-state index contributed by atoms with van der Waals surface area (Å²) in [7, 11) is 5.32. The van der Waals surface area contributed by atoms with Gasteiger partial charge >= 0.3 is 0 Å². The second-order valence-corrected chi connectivity index (χ2v) is 4.95. The number of methoxy groups -OCH3 is 2. The van der Waals surface area contributed by atoms with Crippen molar-refractivity contribution in [1.82, 2.24) is 5.32 Å². The van der Waals surface area contributed by atoms with Crippen molar-refractivity contribution >= 4 is 5.69 Å². The van der Waals surface area contributed by atoms with Gasteiger partial charge in [-0.1, -0.05) is 0 Å². The Labute approximate surface area is 109 Å². The van der Waals surface area contributed by atoms with E-state index in [-0.39, 0.29) is 0 Å². The van der Waals surface area contributed by atoms with E-state index in [9.17, 15) is 0 Å². The van der Waals surface area contributed by atoms with E-state index in [1.165, 1.54) is 12.8 Å². The van der Waals surface area contributed by atoms with E-state index in [1.54, 1.807) is 14.2 Å². The van der Waals surface area contributed by atoms with E-state index >= 15 is 0 Å². The highest BCUT2D eigenvalue weighted by Gasteiger charge is 2.41. The normalized spacial score (nSPS) is 16.2. The van der Waals surface area contributed by atoms with Crippen LogP contribution in [0.2, 0.25) is 0 Å². The van der Waals surface area contributed by atoms with Gasteiger partial charge in [-0.05, 0) is 32.0 Å². The Morgan fingerprint density at radius 2 is 1.83 bits per heavy atom. The summed E-state index contributed by atoms with van der Waals surface area (Å²) >= 11 is 0. The van der Waals surface area contributed by atoms with Crippen LogP contribution in [0.25, 0.3) is 0 Å². The van der Waals surface area contributed by atoms with Gasteiger partial charge in [0.15, 0.2) is 11.5 Å². The number of nitrogens with one attached hydrogen (secondary N) is 2. The van der Waals surface area contributed by atoms with Gasteiger partial charge in [0.25, 0.3) is 0 Å². The Morgan fingerprint density at radius 1 is 1.11 bits per heavy atom. The van der Waals surface area contributed by atoms with Gasteiger partial charge in [-0.2, -0.15) is 0 Å². The van der Waals surface area contributed by atoms with Crippen molar-refractivity contribution in [3.63, 3.8) is 0 Å². The lowest BCUT2D eigenvalue weighted by Gasteiger charge is -2.17. The lowest BCUT2D eigenvalue weighted by atomic mass is 10.1. The number of rotatable bonds is 7. The molecule has 2 N–H and O–H groups in total. The quantitative estimate of drug-likeness (QED) is 0.778. The summed E-state index contributed by atoms with van der Waals surface area (Å²) < 4.78 is 10.5. The highest BCUT2D eigenvalue weighted by molar-refractivity contribution is 5.54. The Morgan fingerprint density at radius 3 is 2.39 bits per heavy atom. The average molecular weight is 250 g/mol. The Bertz CT molecular complexity index is 403. The zero-order valence-corrected chi connectivity index (χ0v) is 11.4. The van der Waals surface area contributed by atoms with Crippen molar-refractivity contribution in [2.45, 2.75) is 12.8 Å². The minimum atomic E-state index is 0.446. The van der Waals surface area contributed by atoms with Crippen molar-refractivity contribution < 1.29 is 9.47 Å². The van der Waals surface area contributed by atoms with Crippen LogP contribution in [0.15, 0.2) is 18.2 Å². The molecule has 0 bridgehead atoms. The van der Waals surface area contributed by atoms with Gasteiger partial charge in [0, 0.05) is 30.3 Å². The molecule has 1 aliphatic rings. The lowest BCUT2D eigenvalue weighted by Crippen LogP contribution is -2.26. The molecular weight excluding hydrogens is 228 g/mol. The maximum atomic E-state index is 5.29. The lowest BCUT2D eigenvalue weighted by molar-refractivity contribution is 0.355. The highest BCUT2D eigenvalue weighted by Crippen LogP contribution is 2.45. The van der Waals surface area contributed by atoms with Crippen LogP contribution in [0.3, 0.4) is 0 Å². The predicted octanol–water partition coefficient (Wildman–Crippen LogP) is 2.12. The Hall–Kier alpha value is -1.42. The van der Waals surface area contributed by atoms with Crippen molar-refractivity contribution in [3.8, 4) is 11.5 Å². The summed E-state index contributed by atoms with van der Waals surface area (Å²) in [4.78, 5) is 0. The van der Waals surface area contributed by atoms with E-state index < -0.39 is 0 Å². The molecule has 0 atom stereocenters. The van der Waals surface area contributed by atoms with Gasteiger partial charge in [-0.25, -0.2) is 0 Å². The summed E-state index contributed by atoms with van der Waals surface area (Å²) in [6, 6.07) is 5.93.